The number of halogens is 5. The Bertz CT molecular complexity index is 980. The van der Waals surface area contributed by atoms with Crippen molar-refractivity contribution >= 4 is 23.8 Å². The van der Waals surface area contributed by atoms with E-state index in [0.717, 1.165) is 18.3 Å². The van der Waals surface area contributed by atoms with Crippen molar-refractivity contribution in [1.29, 1.82) is 0 Å². The van der Waals surface area contributed by atoms with Crippen LogP contribution in [0.2, 0.25) is 0 Å². The molecule has 0 aromatic carbocycles. The zero-order chi connectivity index (χ0) is 22.3. The van der Waals surface area contributed by atoms with E-state index in [0.29, 0.717) is 16.9 Å². The van der Waals surface area contributed by atoms with Crippen LogP contribution in [0.1, 0.15) is 28.9 Å². The molecular weight excluding hydrogens is 405 g/mol. The molecule has 2 aromatic rings. The molecule has 1 N–H and O–H groups in total. The van der Waals surface area contributed by atoms with Crippen LogP contribution in [0.3, 0.4) is 0 Å². The van der Waals surface area contributed by atoms with E-state index in [1.54, 1.807) is 13.0 Å². The van der Waals surface area contributed by atoms with E-state index in [1.165, 1.54) is 18.3 Å². The molecule has 0 aliphatic heterocycles. The summed E-state index contributed by atoms with van der Waals surface area (Å²) in [5, 5.41) is 10.1. The number of rotatable bonds is 8. The molecule has 0 saturated carbocycles. The lowest BCUT2D eigenvalue weighted by atomic mass is 10.1. The summed E-state index contributed by atoms with van der Waals surface area (Å²) in [6.45, 7) is 8.67. The molecule has 10 heteroatoms. The van der Waals surface area contributed by atoms with Gasteiger partial charge in [0, 0.05) is 30.6 Å². The Labute approximate surface area is 169 Å². The Hall–Kier alpha value is -3.43. The van der Waals surface area contributed by atoms with Crippen LogP contribution in [0.15, 0.2) is 59.5 Å². The molecule has 0 radical (unpaired) electrons. The van der Waals surface area contributed by atoms with Gasteiger partial charge < -0.3 is 5.32 Å². The fourth-order valence-electron chi connectivity index (χ4n) is 2.41. The number of pyridine rings is 2. The van der Waals surface area contributed by atoms with Crippen molar-refractivity contribution < 1.29 is 22.0 Å². The van der Waals surface area contributed by atoms with Crippen LogP contribution in [0.4, 0.5) is 27.6 Å². The Morgan fingerprint density at radius 2 is 2.00 bits per heavy atom. The highest BCUT2D eigenvalue weighted by Crippen LogP contribution is 2.30. The van der Waals surface area contributed by atoms with Gasteiger partial charge in [0.15, 0.2) is 0 Å². The lowest BCUT2D eigenvalue weighted by Crippen LogP contribution is -2.08. The molecule has 0 bridgehead atoms. The molecule has 0 fully saturated rings. The van der Waals surface area contributed by atoms with Crippen LogP contribution in [0.25, 0.3) is 5.70 Å². The molecule has 2 aromatic heterocycles. The highest BCUT2D eigenvalue weighted by atomic mass is 19.4. The molecule has 0 aliphatic rings. The standard InChI is InChI=1S/C20H18F5N5/c1-12-16(17(30-26-3)5-4-6-19(21)22)10-15(11-28-12)29-13(2)18-9-14(7-8-27-18)20(23,24)25/h4-5,7-11,19,29H,2-3,6H2,1H3/b5-4-,30-17+. The first-order valence-corrected chi connectivity index (χ1v) is 8.56. The molecule has 0 saturated heterocycles. The zero-order valence-electron chi connectivity index (χ0n) is 15.9. The lowest BCUT2D eigenvalue weighted by molar-refractivity contribution is -0.137. The zero-order valence-corrected chi connectivity index (χ0v) is 15.9. The molecule has 0 spiro atoms. The van der Waals surface area contributed by atoms with E-state index in [9.17, 15) is 22.0 Å². The number of nitrogens with one attached hydrogen (secondary N) is 1. The van der Waals surface area contributed by atoms with Gasteiger partial charge in [-0.1, -0.05) is 12.7 Å². The van der Waals surface area contributed by atoms with Gasteiger partial charge in [-0.15, -0.1) is 0 Å². The topological polar surface area (TPSA) is 62.5 Å². The second kappa shape index (κ2) is 9.86. The van der Waals surface area contributed by atoms with Gasteiger partial charge in [-0.05, 0) is 31.2 Å². The molecule has 5 nitrogen and oxygen atoms in total. The normalized spacial score (nSPS) is 12.4. The van der Waals surface area contributed by atoms with Crippen LogP contribution >= 0.6 is 0 Å². The lowest BCUT2D eigenvalue weighted by Gasteiger charge is -2.13. The summed E-state index contributed by atoms with van der Waals surface area (Å²) >= 11 is 0. The minimum Gasteiger partial charge on any atom is -0.353 e. The molecule has 2 heterocycles. The maximum Gasteiger partial charge on any atom is 0.416 e. The van der Waals surface area contributed by atoms with Crippen molar-refractivity contribution in [3.8, 4) is 0 Å². The van der Waals surface area contributed by atoms with Gasteiger partial charge in [0.25, 0.3) is 0 Å². The van der Waals surface area contributed by atoms with Crippen molar-refractivity contribution in [3.05, 3.63) is 71.8 Å². The third kappa shape index (κ3) is 6.29. The first kappa shape index (κ1) is 22.9. The highest BCUT2D eigenvalue weighted by Gasteiger charge is 2.30. The van der Waals surface area contributed by atoms with Crippen molar-refractivity contribution in [3.63, 3.8) is 0 Å². The molecule has 0 unspecified atom stereocenters. The van der Waals surface area contributed by atoms with Gasteiger partial charge in [0.1, 0.15) is 0 Å². The molecule has 0 amide bonds. The fraction of sp³-hybridized carbons (Fsp3) is 0.200. The number of aryl methyl sites for hydroxylation is 1. The Kier molecular flexibility index (Phi) is 7.51. The number of allylic oxidation sites excluding steroid dienone is 2. The minimum atomic E-state index is -4.51. The minimum absolute atomic E-state index is 0.00503. The van der Waals surface area contributed by atoms with Gasteiger partial charge in [-0.3, -0.25) is 9.97 Å². The van der Waals surface area contributed by atoms with E-state index in [1.807, 2.05) is 0 Å². The monoisotopic (exact) mass is 423 g/mol. The van der Waals surface area contributed by atoms with Crippen molar-refractivity contribution in [2.75, 3.05) is 5.32 Å². The predicted molar refractivity (Wildman–Crippen MR) is 107 cm³/mol. The predicted octanol–water partition coefficient (Wildman–Crippen LogP) is 5.50. The van der Waals surface area contributed by atoms with Crippen LogP contribution in [0.5, 0.6) is 0 Å². The summed E-state index contributed by atoms with van der Waals surface area (Å²) in [5.41, 5.74) is 0.918. The maximum atomic E-state index is 12.9. The third-order valence-corrected chi connectivity index (χ3v) is 3.82. The number of aromatic nitrogens is 2. The third-order valence-electron chi connectivity index (χ3n) is 3.82. The Balaban J connectivity index is 2.30. The highest BCUT2D eigenvalue weighted by molar-refractivity contribution is 6.09. The summed E-state index contributed by atoms with van der Waals surface area (Å²) in [6, 6.07) is 3.33. The van der Waals surface area contributed by atoms with Crippen molar-refractivity contribution in [2.45, 2.75) is 25.9 Å². The van der Waals surface area contributed by atoms with Gasteiger partial charge in [0.2, 0.25) is 6.43 Å². The summed E-state index contributed by atoms with van der Waals surface area (Å²) in [6.07, 6.45) is -2.37. The second-order valence-electron chi connectivity index (χ2n) is 6.04. The first-order valence-electron chi connectivity index (χ1n) is 8.56. The van der Waals surface area contributed by atoms with Crippen LogP contribution in [-0.2, 0) is 6.18 Å². The summed E-state index contributed by atoms with van der Waals surface area (Å²) in [5.74, 6) is 0. The fourth-order valence-corrected chi connectivity index (χ4v) is 2.41. The SMILES string of the molecule is C=N/N=C(\C=C/CC(F)F)c1cc(NC(=C)c2cc(C(F)(F)F)ccn2)cnc1C. The van der Waals surface area contributed by atoms with E-state index >= 15 is 0 Å². The van der Waals surface area contributed by atoms with Gasteiger partial charge in [-0.2, -0.15) is 23.4 Å². The number of hydrogen-bond donors (Lipinski definition) is 1. The number of hydrogen-bond acceptors (Lipinski definition) is 5. The van der Waals surface area contributed by atoms with Gasteiger partial charge >= 0.3 is 6.18 Å². The molecule has 30 heavy (non-hydrogen) atoms. The summed E-state index contributed by atoms with van der Waals surface area (Å²) in [4.78, 5) is 8.10. The van der Waals surface area contributed by atoms with E-state index in [-0.39, 0.29) is 17.1 Å². The van der Waals surface area contributed by atoms with Gasteiger partial charge in [-0.25, -0.2) is 8.78 Å². The van der Waals surface area contributed by atoms with Crippen molar-refractivity contribution in [1.82, 2.24) is 9.97 Å². The largest absolute Gasteiger partial charge is 0.416 e. The van der Waals surface area contributed by atoms with Crippen LogP contribution in [-0.4, -0.2) is 28.8 Å². The maximum absolute atomic E-state index is 12.9. The van der Waals surface area contributed by atoms with Gasteiger partial charge in [0.05, 0.1) is 34.6 Å². The number of anilines is 1. The van der Waals surface area contributed by atoms with E-state index in [2.05, 4.69) is 38.8 Å². The molecule has 0 atom stereocenters. The van der Waals surface area contributed by atoms with Crippen molar-refractivity contribution in [2.24, 2.45) is 10.2 Å². The van der Waals surface area contributed by atoms with E-state index < -0.39 is 24.6 Å². The summed E-state index contributed by atoms with van der Waals surface area (Å²) < 4.78 is 63.5. The molecule has 0 aliphatic carbocycles. The molecule has 158 valence electrons. The summed E-state index contributed by atoms with van der Waals surface area (Å²) in [7, 11) is 0. The molecular formula is C20H18F5N5. The Morgan fingerprint density at radius 1 is 1.27 bits per heavy atom. The first-order chi connectivity index (χ1) is 14.1. The average Bonchev–Trinajstić information content (AvgIpc) is 2.68. The number of alkyl halides is 5. The molecule has 2 rings (SSSR count). The van der Waals surface area contributed by atoms with E-state index in [4.69, 9.17) is 0 Å². The van der Waals surface area contributed by atoms with Crippen LogP contribution < -0.4 is 5.32 Å². The second-order valence-corrected chi connectivity index (χ2v) is 6.04. The quantitative estimate of drug-likeness (QED) is 0.346. The van der Waals surface area contributed by atoms with Crippen LogP contribution in [0, 0.1) is 6.92 Å². The smallest absolute Gasteiger partial charge is 0.353 e. The average molecular weight is 423 g/mol. The number of nitrogens with zero attached hydrogens (tertiary/aromatic N) is 4. The Morgan fingerprint density at radius 3 is 2.63 bits per heavy atom.